The van der Waals surface area contributed by atoms with Crippen LogP contribution in [0.1, 0.15) is 52.7 Å². The van der Waals surface area contributed by atoms with Gasteiger partial charge in [0.1, 0.15) is 0 Å². The van der Waals surface area contributed by atoms with Crippen LogP contribution in [-0.2, 0) is 15.4 Å². The van der Waals surface area contributed by atoms with Crippen molar-refractivity contribution in [3.05, 3.63) is 29.3 Å². The first kappa shape index (κ1) is 14.5. The summed E-state index contributed by atoms with van der Waals surface area (Å²) in [5.74, 6) is 0. The van der Waals surface area contributed by atoms with Crippen LogP contribution in [0.15, 0.2) is 18.2 Å². The highest BCUT2D eigenvalue weighted by molar-refractivity contribution is 7.47. The van der Waals surface area contributed by atoms with Gasteiger partial charge in [-0.15, -0.1) is 0 Å². The predicted molar refractivity (Wildman–Crippen MR) is 74.7 cm³/mol. The fraction of sp³-hybridized carbons (Fsp3) is 0.571. The maximum Gasteiger partial charge on any atom is 0.218 e. The van der Waals surface area contributed by atoms with Crippen molar-refractivity contribution in [2.75, 3.05) is 0 Å². The third-order valence-corrected chi connectivity index (χ3v) is 3.73. The highest BCUT2D eigenvalue weighted by Crippen LogP contribution is 2.35. The summed E-state index contributed by atoms with van der Waals surface area (Å²) >= 11 is 0. The summed E-state index contributed by atoms with van der Waals surface area (Å²) in [6.45, 7) is 12.7. The van der Waals surface area contributed by atoms with E-state index in [4.69, 9.17) is 0 Å². The Kier molecular flexibility index (Phi) is 3.91. The van der Waals surface area contributed by atoms with E-state index in [0.717, 1.165) is 11.1 Å². The molecule has 1 unspecified atom stereocenters. The molecule has 0 bridgehead atoms. The summed E-state index contributed by atoms with van der Waals surface area (Å²) in [4.78, 5) is 9.50. The highest BCUT2D eigenvalue weighted by atomic mass is 31.1. The molecule has 0 heterocycles. The minimum absolute atomic E-state index is 0.0179. The molecule has 17 heavy (non-hydrogen) atoms. The summed E-state index contributed by atoms with van der Waals surface area (Å²) in [7, 11) is -2.66. The van der Waals surface area contributed by atoms with Crippen LogP contribution in [0.25, 0.3) is 0 Å². The van der Waals surface area contributed by atoms with Crippen molar-refractivity contribution in [1.29, 1.82) is 0 Å². The average Bonchev–Trinajstić information content (AvgIpc) is 2.13. The molecule has 2 nitrogen and oxygen atoms in total. The van der Waals surface area contributed by atoms with Crippen molar-refractivity contribution >= 4 is 13.3 Å². The van der Waals surface area contributed by atoms with Crippen LogP contribution in [0.5, 0.6) is 0 Å². The molecular formula is C14H23O2P. The second-order valence-electron chi connectivity index (χ2n) is 6.53. The van der Waals surface area contributed by atoms with Gasteiger partial charge in [0, 0.05) is 5.30 Å². The molecule has 0 saturated carbocycles. The summed E-state index contributed by atoms with van der Waals surface area (Å²) < 4.78 is 11.5. The Balaban J connectivity index is 3.64. The molecule has 1 aromatic carbocycles. The van der Waals surface area contributed by atoms with Gasteiger partial charge in [0.15, 0.2) is 0 Å². The lowest BCUT2D eigenvalue weighted by Gasteiger charge is -2.31. The van der Waals surface area contributed by atoms with Crippen LogP contribution in [0.2, 0.25) is 0 Å². The monoisotopic (exact) mass is 254 g/mol. The molecule has 1 rings (SSSR count). The fourth-order valence-electron chi connectivity index (χ4n) is 2.16. The molecule has 96 valence electrons. The predicted octanol–water partition coefficient (Wildman–Crippen LogP) is 3.37. The first-order valence-electron chi connectivity index (χ1n) is 5.92. The first-order chi connectivity index (χ1) is 7.55. The molecule has 0 aliphatic carbocycles. The van der Waals surface area contributed by atoms with Crippen molar-refractivity contribution < 1.29 is 9.46 Å². The van der Waals surface area contributed by atoms with Gasteiger partial charge >= 0.3 is 0 Å². The molecule has 0 amide bonds. The second kappa shape index (κ2) is 4.59. The van der Waals surface area contributed by atoms with Crippen LogP contribution >= 0.6 is 8.03 Å². The maximum absolute atomic E-state index is 11.5. The number of hydrogen-bond donors (Lipinski definition) is 1. The SMILES string of the molecule is CC(C)(C)c1cccc([PH](=O)O)c1C(C)(C)C. The Morgan fingerprint density at radius 3 is 1.88 bits per heavy atom. The molecule has 1 atom stereocenters. The molecule has 0 spiro atoms. The lowest BCUT2D eigenvalue weighted by atomic mass is 9.75. The van der Waals surface area contributed by atoms with Gasteiger partial charge in [-0.2, -0.15) is 0 Å². The summed E-state index contributed by atoms with van der Waals surface area (Å²) in [5, 5.41) is 0.606. The van der Waals surface area contributed by atoms with Gasteiger partial charge in [-0.25, -0.2) is 0 Å². The van der Waals surface area contributed by atoms with E-state index in [1.165, 1.54) is 0 Å². The fourth-order valence-corrected chi connectivity index (χ4v) is 3.13. The minimum atomic E-state index is -2.66. The van der Waals surface area contributed by atoms with E-state index < -0.39 is 8.03 Å². The highest BCUT2D eigenvalue weighted by Gasteiger charge is 2.28. The van der Waals surface area contributed by atoms with Gasteiger partial charge in [-0.1, -0.05) is 53.7 Å². The minimum Gasteiger partial charge on any atom is -0.343 e. The Labute approximate surface area is 105 Å². The normalized spacial score (nSPS) is 14.8. The van der Waals surface area contributed by atoms with Crippen molar-refractivity contribution in [2.24, 2.45) is 0 Å². The van der Waals surface area contributed by atoms with Crippen LogP contribution in [0, 0.1) is 0 Å². The van der Waals surface area contributed by atoms with Gasteiger partial charge in [0.25, 0.3) is 0 Å². The van der Waals surface area contributed by atoms with Crippen LogP contribution < -0.4 is 5.30 Å². The van der Waals surface area contributed by atoms with Crippen molar-refractivity contribution in [2.45, 2.75) is 52.4 Å². The van der Waals surface area contributed by atoms with Gasteiger partial charge in [-0.3, -0.25) is 4.57 Å². The van der Waals surface area contributed by atoms with Crippen molar-refractivity contribution in [3.8, 4) is 0 Å². The number of hydrogen-bond acceptors (Lipinski definition) is 1. The standard InChI is InChI=1S/C14H23O2P/c1-13(2,3)10-8-7-9-11(17(15)16)12(10)14(4,5)6/h7-9,17H,1-6H3,(H,15,16). The zero-order valence-corrected chi connectivity index (χ0v) is 12.6. The quantitative estimate of drug-likeness (QED) is 0.780. The van der Waals surface area contributed by atoms with Crippen molar-refractivity contribution in [3.63, 3.8) is 0 Å². The zero-order valence-electron chi connectivity index (χ0n) is 11.6. The van der Waals surface area contributed by atoms with Crippen LogP contribution in [0.4, 0.5) is 0 Å². The van der Waals surface area contributed by atoms with Gasteiger partial charge in [0.05, 0.1) is 0 Å². The van der Waals surface area contributed by atoms with E-state index >= 15 is 0 Å². The smallest absolute Gasteiger partial charge is 0.218 e. The van der Waals surface area contributed by atoms with E-state index in [1.807, 2.05) is 6.07 Å². The van der Waals surface area contributed by atoms with E-state index in [2.05, 4.69) is 47.6 Å². The lowest BCUT2D eigenvalue weighted by molar-refractivity contribution is 0.507. The summed E-state index contributed by atoms with van der Waals surface area (Å²) in [5.41, 5.74) is 2.05. The summed E-state index contributed by atoms with van der Waals surface area (Å²) in [6.07, 6.45) is 0. The topological polar surface area (TPSA) is 37.3 Å². The molecule has 0 fully saturated rings. The molecule has 3 heteroatoms. The molecular weight excluding hydrogens is 231 g/mol. The lowest BCUT2D eigenvalue weighted by Crippen LogP contribution is -2.28. The number of rotatable bonds is 1. The first-order valence-corrected chi connectivity index (χ1v) is 7.28. The van der Waals surface area contributed by atoms with E-state index in [0.29, 0.717) is 5.30 Å². The Morgan fingerprint density at radius 1 is 1.00 bits per heavy atom. The Bertz CT molecular complexity index is 437. The molecule has 0 aromatic heterocycles. The molecule has 1 aromatic rings. The largest absolute Gasteiger partial charge is 0.343 e. The molecule has 0 saturated heterocycles. The molecule has 0 radical (unpaired) electrons. The molecule has 0 aliphatic heterocycles. The van der Waals surface area contributed by atoms with Gasteiger partial charge in [0.2, 0.25) is 8.03 Å². The molecule has 1 N–H and O–H groups in total. The van der Waals surface area contributed by atoms with Crippen LogP contribution in [0.3, 0.4) is 0 Å². The second-order valence-corrected chi connectivity index (χ2v) is 7.68. The third kappa shape index (κ3) is 3.20. The van der Waals surface area contributed by atoms with E-state index in [1.54, 1.807) is 6.07 Å². The zero-order chi connectivity index (χ0) is 13.4. The van der Waals surface area contributed by atoms with E-state index in [-0.39, 0.29) is 10.8 Å². The Morgan fingerprint density at radius 2 is 1.53 bits per heavy atom. The van der Waals surface area contributed by atoms with Gasteiger partial charge < -0.3 is 4.89 Å². The summed E-state index contributed by atoms with van der Waals surface area (Å²) in [6, 6.07) is 5.72. The van der Waals surface area contributed by atoms with Crippen LogP contribution in [-0.4, -0.2) is 4.89 Å². The Hall–Kier alpha value is -0.590. The maximum atomic E-state index is 11.5. The molecule has 0 aliphatic rings. The van der Waals surface area contributed by atoms with Gasteiger partial charge in [-0.05, 0) is 28.0 Å². The third-order valence-electron chi connectivity index (χ3n) is 2.85. The van der Waals surface area contributed by atoms with E-state index in [9.17, 15) is 9.46 Å². The van der Waals surface area contributed by atoms with Crippen molar-refractivity contribution in [1.82, 2.24) is 0 Å². The number of benzene rings is 1. The average molecular weight is 254 g/mol.